The van der Waals surface area contributed by atoms with E-state index in [9.17, 15) is 19.0 Å². The third-order valence-corrected chi connectivity index (χ3v) is 9.87. The van der Waals surface area contributed by atoms with Crippen LogP contribution < -0.4 is 5.73 Å². The number of carbonyl (C=O) groups excluding carboxylic acids is 2. The zero-order valence-corrected chi connectivity index (χ0v) is 35.8. The average Bonchev–Trinajstić information content (AvgIpc) is 3.17. The molecule has 0 aliphatic heterocycles. The monoisotopic (exact) mass is 794 g/mol. The maximum atomic E-state index is 12.6. The van der Waals surface area contributed by atoms with Gasteiger partial charge < -0.3 is 20.1 Å². The van der Waals surface area contributed by atoms with Crippen LogP contribution >= 0.6 is 7.82 Å². The van der Waals surface area contributed by atoms with Gasteiger partial charge in [-0.15, -0.1) is 0 Å². The second-order valence-corrected chi connectivity index (χ2v) is 15.6. The number of rotatable bonds is 40. The highest BCUT2D eigenvalue weighted by Crippen LogP contribution is 2.43. The van der Waals surface area contributed by atoms with Gasteiger partial charge in [-0.05, 0) is 77.0 Å². The van der Waals surface area contributed by atoms with Crippen molar-refractivity contribution in [2.75, 3.05) is 26.4 Å². The van der Waals surface area contributed by atoms with E-state index in [1.807, 2.05) is 0 Å². The molecular formula is C45H80NO8P. The summed E-state index contributed by atoms with van der Waals surface area (Å²) in [6, 6.07) is 0. The number of unbranched alkanes of at least 4 members (excludes halogenated alkanes) is 17. The molecule has 9 nitrogen and oxygen atoms in total. The minimum atomic E-state index is -4.39. The van der Waals surface area contributed by atoms with Crippen LogP contribution in [-0.4, -0.2) is 49.3 Å². The van der Waals surface area contributed by atoms with E-state index in [1.165, 1.54) is 64.2 Å². The molecule has 3 N–H and O–H groups in total. The number of hydrogen-bond acceptors (Lipinski definition) is 8. The Labute approximate surface area is 336 Å². The van der Waals surface area contributed by atoms with E-state index in [1.54, 1.807) is 0 Å². The number of nitrogens with two attached hydrogens (primary N) is 1. The second-order valence-electron chi connectivity index (χ2n) is 14.2. The lowest BCUT2D eigenvalue weighted by Crippen LogP contribution is -2.29. The van der Waals surface area contributed by atoms with E-state index < -0.39 is 32.5 Å². The van der Waals surface area contributed by atoms with Crippen LogP contribution in [0.25, 0.3) is 0 Å². The Balaban J connectivity index is 4.21. The van der Waals surface area contributed by atoms with Gasteiger partial charge in [0.2, 0.25) is 0 Å². The lowest BCUT2D eigenvalue weighted by atomic mass is 10.1. The zero-order valence-electron chi connectivity index (χ0n) is 34.9. The molecule has 2 atom stereocenters. The van der Waals surface area contributed by atoms with Crippen LogP contribution in [0.3, 0.4) is 0 Å². The highest BCUT2D eigenvalue weighted by atomic mass is 31.2. The van der Waals surface area contributed by atoms with E-state index >= 15 is 0 Å². The van der Waals surface area contributed by atoms with Crippen molar-refractivity contribution in [1.82, 2.24) is 0 Å². The molecule has 0 saturated carbocycles. The van der Waals surface area contributed by atoms with E-state index in [2.05, 4.69) is 74.6 Å². The summed E-state index contributed by atoms with van der Waals surface area (Å²) in [6.45, 7) is 3.57. The molecule has 0 aromatic carbocycles. The number of hydrogen-bond donors (Lipinski definition) is 2. The Bertz CT molecular complexity index is 1090. The first-order valence-corrected chi connectivity index (χ1v) is 23.3. The van der Waals surface area contributed by atoms with E-state index in [0.29, 0.717) is 6.42 Å². The lowest BCUT2D eigenvalue weighted by Gasteiger charge is -2.19. The number of carbonyl (C=O) groups is 2. The summed E-state index contributed by atoms with van der Waals surface area (Å²) in [5, 5.41) is 0. The molecule has 0 radical (unpaired) electrons. The molecule has 0 aliphatic carbocycles. The van der Waals surface area contributed by atoms with Crippen molar-refractivity contribution in [3.63, 3.8) is 0 Å². The van der Waals surface area contributed by atoms with Crippen LogP contribution in [0.15, 0.2) is 60.8 Å². The number of ether oxygens (including phenoxy) is 2. The van der Waals surface area contributed by atoms with Crippen molar-refractivity contribution in [1.29, 1.82) is 0 Å². The van der Waals surface area contributed by atoms with Crippen LogP contribution in [0.5, 0.6) is 0 Å². The molecule has 0 spiro atoms. The Morgan fingerprint density at radius 3 is 1.51 bits per heavy atom. The predicted octanol–water partition coefficient (Wildman–Crippen LogP) is 12.5. The Morgan fingerprint density at radius 1 is 0.564 bits per heavy atom. The van der Waals surface area contributed by atoms with Gasteiger partial charge in [0.25, 0.3) is 0 Å². The van der Waals surface area contributed by atoms with Crippen LogP contribution in [0, 0.1) is 0 Å². The third-order valence-electron chi connectivity index (χ3n) is 8.89. The molecule has 0 saturated heterocycles. The first kappa shape index (κ1) is 52.7. The lowest BCUT2D eigenvalue weighted by molar-refractivity contribution is -0.161. The maximum Gasteiger partial charge on any atom is 0.472 e. The van der Waals surface area contributed by atoms with E-state index in [0.717, 1.165) is 83.5 Å². The first-order chi connectivity index (χ1) is 26.8. The molecule has 10 heteroatoms. The summed E-state index contributed by atoms with van der Waals surface area (Å²) >= 11 is 0. The highest BCUT2D eigenvalue weighted by molar-refractivity contribution is 7.47. The molecule has 0 aromatic rings. The van der Waals surface area contributed by atoms with Crippen LogP contribution in [-0.2, 0) is 32.7 Å². The number of allylic oxidation sites excluding steroid dienone is 10. The fourth-order valence-corrected chi connectivity index (χ4v) is 6.44. The Kier molecular flexibility index (Phi) is 39.6. The fourth-order valence-electron chi connectivity index (χ4n) is 5.68. The molecule has 318 valence electrons. The second kappa shape index (κ2) is 41.3. The summed E-state index contributed by atoms with van der Waals surface area (Å²) in [7, 11) is -4.39. The molecule has 0 rings (SSSR count). The van der Waals surface area contributed by atoms with Gasteiger partial charge in [0.05, 0.1) is 13.2 Å². The largest absolute Gasteiger partial charge is 0.472 e. The van der Waals surface area contributed by atoms with Crippen molar-refractivity contribution in [2.24, 2.45) is 5.73 Å². The average molecular weight is 794 g/mol. The van der Waals surface area contributed by atoms with Crippen molar-refractivity contribution in [2.45, 2.75) is 187 Å². The number of phosphoric ester groups is 1. The molecule has 1 unspecified atom stereocenters. The summed E-state index contributed by atoms with van der Waals surface area (Å²) in [6.07, 6.45) is 48.2. The quantitative estimate of drug-likeness (QED) is 0.0269. The number of esters is 2. The summed E-state index contributed by atoms with van der Waals surface area (Å²) < 4.78 is 32.8. The smallest absolute Gasteiger partial charge is 0.462 e. The molecule has 0 amide bonds. The predicted molar refractivity (Wildman–Crippen MR) is 229 cm³/mol. The van der Waals surface area contributed by atoms with Gasteiger partial charge in [-0.3, -0.25) is 18.6 Å². The maximum absolute atomic E-state index is 12.6. The normalized spacial score (nSPS) is 13.9. The molecule has 55 heavy (non-hydrogen) atoms. The minimum absolute atomic E-state index is 0.0460. The highest BCUT2D eigenvalue weighted by Gasteiger charge is 2.26. The Morgan fingerprint density at radius 2 is 1.00 bits per heavy atom. The van der Waals surface area contributed by atoms with Crippen molar-refractivity contribution >= 4 is 19.8 Å². The van der Waals surface area contributed by atoms with Gasteiger partial charge in [-0.25, -0.2) is 4.57 Å². The van der Waals surface area contributed by atoms with Gasteiger partial charge in [0.15, 0.2) is 6.10 Å². The summed E-state index contributed by atoms with van der Waals surface area (Å²) in [5.74, 6) is -0.864. The van der Waals surface area contributed by atoms with Gasteiger partial charge in [0, 0.05) is 19.4 Å². The molecule has 0 aromatic heterocycles. The topological polar surface area (TPSA) is 134 Å². The first-order valence-electron chi connectivity index (χ1n) is 21.8. The molecule has 0 fully saturated rings. The Hall–Kier alpha value is -2.29. The van der Waals surface area contributed by atoms with Crippen LogP contribution in [0.1, 0.15) is 181 Å². The van der Waals surface area contributed by atoms with Crippen molar-refractivity contribution < 1.29 is 37.6 Å². The zero-order chi connectivity index (χ0) is 40.3. The van der Waals surface area contributed by atoms with Crippen LogP contribution in [0.4, 0.5) is 0 Å². The summed E-state index contributed by atoms with van der Waals surface area (Å²) in [5.41, 5.74) is 5.34. The fraction of sp³-hybridized carbons (Fsp3) is 0.733. The summed E-state index contributed by atoms with van der Waals surface area (Å²) in [4.78, 5) is 34.9. The van der Waals surface area contributed by atoms with Gasteiger partial charge >= 0.3 is 19.8 Å². The minimum Gasteiger partial charge on any atom is -0.462 e. The van der Waals surface area contributed by atoms with Crippen molar-refractivity contribution in [3.8, 4) is 0 Å². The number of phosphoric acid groups is 1. The van der Waals surface area contributed by atoms with Gasteiger partial charge in [0.1, 0.15) is 6.61 Å². The van der Waals surface area contributed by atoms with Gasteiger partial charge in [-0.1, -0.05) is 152 Å². The molecule has 0 bridgehead atoms. The SMILES string of the molecule is CC/C=C\C/C=C\C/C=C\C/C=C\CCCCCCC(=O)O[C@H](COC(=O)CCCCCCCCC/C=C\CCCCCCCC)COP(=O)(O)OCCN. The standard InChI is InChI=1S/C45H80NO8P/c1-3-5-7-9-11-13-15-17-19-21-23-25-27-29-31-33-35-37-44(47)51-41-43(42-53-55(49,50)52-40-39-46)54-45(48)38-36-34-32-30-28-26-24-22-20-18-16-14-12-10-8-6-4-2/h6,8,12,14,17-20,24,26,43H,3-5,7,9-11,13,15-16,21-23,25,27-42,46H2,1-2H3,(H,49,50)/b8-6-,14-12-,19-17-,20-18-,26-24-/t43-/m1/s1. The van der Waals surface area contributed by atoms with E-state index in [-0.39, 0.29) is 32.6 Å². The third kappa shape index (κ3) is 41.2. The molecule has 0 aliphatic rings. The van der Waals surface area contributed by atoms with Crippen molar-refractivity contribution in [3.05, 3.63) is 60.8 Å². The molecule has 0 heterocycles. The van der Waals surface area contributed by atoms with Crippen LogP contribution in [0.2, 0.25) is 0 Å². The van der Waals surface area contributed by atoms with E-state index in [4.69, 9.17) is 24.3 Å². The molecular weight excluding hydrogens is 713 g/mol. The van der Waals surface area contributed by atoms with Gasteiger partial charge in [-0.2, -0.15) is 0 Å².